The van der Waals surface area contributed by atoms with Crippen LogP contribution in [0.4, 0.5) is 5.69 Å². The van der Waals surface area contributed by atoms with E-state index >= 15 is 0 Å². The Hall–Kier alpha value is -2.13. The highest BCUT2D eigenvalue weighted by molar-refractivity contribution is 7.92. The molecule has 1 saturated heterocycles. The molecule has 8 nitrogen and oxygen atoms in total. The molecule has 1 aromatic carbocycles. The van der Waals surface area contributed by atoms with Gasteiger partial charge in [-0.3, -0.25) is 14.3 Å². The number of nitrogens with zero attached hydrogens (tertiary/aromatic N) is 1. The van der Waals surface area contributed by atoms with Gasteiger partial charge in [0, 0.05) is 43.9 Å². The van der Waals surface area contributed by atoms with Crippen LogP contribution in [-0.2, 0) is 19.6 Å². The van der Waals surface area contributed by atoms with Gasteiger partial charge >= 0.3 is 0 Å². The number of carbonyl (C=O) groups is 2. The lowest BCUT2D eigenvalue weighted by molar-refractivity contribution is -0.122. The second-order valence-electron chi connectivity index (χ2n) is 6.33. The highest BCUT2D eigenvalue weighted by atomic mass is 32.2. The average molecular weight is 383 g/mol. The lowest BCUT2D eigenvalue weighted by Gasteiger charge is -2.32. The van der Waals surface area contributed by atoms with Crippen LogP contribution in [-0.4, -0.2) is 64.2 Å². The first kappa shape index (κ1) is 20.2. The molecule has 2 amide bonds. The third kappa shape index (κ3) is 6.30. The number of ether oxygens (including phenoxy) is 1. The molecule has 0 aliphatic carbocycles. The van der Waals surface area contributed by atoms with E-state index in [1.54, 1.807) is 36.3 Å². The van der Waals surface area contributed by atoms with Crippen LogP contribution in [0.3, 0.4) is 0 Å². The fourth-order valence-corrected chi connectivity index (χ4v) is 3.36. The summed E-state index contributed by atoms with van der Waals surface area (Å²) < 4.78 is 29.7. The molecule has 0 unspecified atom stereocenters. The van der Waals surface area contributed by atoms with E-state index < -0.39 is 10.0 Å². The van der Waals surface area contributed by atoms with Crippen molar-refractivity contribution in [3.05, 3.63) is 29.8 Å². The second-order valence-corrected chi connectivity index (χ2v) is 8.08. The summed E-state index contributed by atoms with van der Waals surface area (Å²) in [5.41, 5.74) is 0.924. The minimum Gasteiger partial charge on any atom is -0.384 e. The van der Waals surface area contributed by atoms with E-state index in [4.69, 9.17) is 4.74 Å². The molecule has 0 saturated carbocycles. The summed E-state index contributed by atoms with van der Waals surface area (Å²) in [6.07, 6.45) is 2.82. The molecule has 0 spiro atoms. The Labute approximate surface area is 153 Å². The summed E-state index contributed by atoms with van der Waals surface area (Å²) in [4.78, 5) is 26.0. The van der Waals surface area contributed by atoms with Crippen molar-refractivity contribution < 1.29 is 22.7 Å². The SMILES string of the molecule is COCCC(=O)NC1CCN(C(=O)c2ccc(NS(C)(=O)=O)cc2)CC1. The fraction of sp³-hybridized carbons (Fsp3) is 0.529. The Balaban J connectivity index is 1.85. The van der Waals surface area contributed by atoms with Crippen LogP contribution >= 0.6 is 0 Å². The molecule has 1 heterocycles. The number of carbonyl (C=O) groups excluding carboxylic acids is 2. The third-order valence-electron chi connectivity index (χ3n) is 4.12. The third-order valence-corrected chi connectivity index (χ3v) is 4.72. The van der Waals surface area contributed by atoms with Crippen LogP contribution in [0.2, 0.25) is 0 Å². The Morgan fingerprint density at radius 2 is 1.81 bits per heavy atom. The Kier molecular flexibility index (Phi) is 6.98. The largest absolute Gasteiger partial charge is 0.384 e. The molecule has 2 N–H and O–H groups in total. The fourth-order valence-electron chi connectivity index (χ4n) is 2.80. The van der Waals surface area contributed by atoms with Gasteiger partial charge in [0.25, 0.3) is 5.91 Å². The number of nitrogens with one attached hydrogen (secondary N) is 2. The van der Waals surface area contributed by atoms with Crippen molar-refractivity contribution >= 4 is 27.5 Å². The number of benzene rings is 1. The van der Waals surface area contributed by atoms with E-state index in [1.807, 2.05) is 0 Å². The smallest absolute Gasteiger partial charge is 0.253 e. The lowest BCUT2D eigenvalue weighted by Crippen LogP contribution is -2.46. The summed E-state index contributed by atoms with van der Waals surface area (Å²) in [5, 5.41) is 2.96. The van der Waals surface area contributed by atoms with E-state index in [2.05, 4.69) is 10.0 Å². The van der Waals surface area contributed by atoms with Crippen LogP contribution in [0.5, 0.6) is 0 Å². The summed E-state index contributed by atoms with van der Waals surface area (Å²) in [5.74, 6) is -0.134. The molecule has 0 aromatic heterocycles. The van der Waals surface area contributed by atoms with Crippen LogP contribution in [0, 0.1) is 0 Å². The van der Waals surface area contributed by atoms with Crippen LogP contribution < -0.4 is 10.0 Å². The number of amides is 2. The molecule has 0 atom stereocenters. The van der Waals surface area contributed by atoms with E-state index in [9.17, 15) is 18.0 Å². The number of sulfonamides is 1. The first-order valence-electron chi connectivity index (χ1n) is 8.44. The molecule has 144 valence electrons. The Bertz CT molecular complexity index is 725. The molecular formula is C17H25N3O5S. The summed E-state index contributed by atoms with van der Waals surface area (Å²) >= 11 is 0. The zero-order chi connectivity index (χ0) is 19.2. The minimum absolute atomic E-state index is 0.0365. The highest BCUT2D eigenvalue weighted by Gasteiger charge is 2.24. The van der Waals surface area contributed by atoms with E-state index in [-0.39, 0.29) is 17.9 Å². The van der Waals surface area contributed by atoms with Crippen LogP contribution in [0.15, 0.2) is 24.3 Å². The van der Waals surface area contributed by atoms with E-state index in [0.29, 0.717) is 50.2 Å². The van der Waals surface area contributed by atoms with Crippen molar-refractivity contribution in [2.75, 3.05) is 37.8 Å². The monoisotopic (exact) mass is 383 g/mol. The van der Waals surface area contributed by atoms with Crippen molar-refractivity contribution in [2.24, 2.45) is 0 Å². The topological polar surface area (TPSA) is 105 Å². The van der Waals surface area contributed by atoms with Gasteiger partial charge < -0.3 is 15.0 Å². The summed E-state index contributed by atoms with van der Waals surface area (Å²) in [6.45, 7) is 1.53. The van der Waals surface area contributed by atoms with Crippen molar-refractivity contribution in [1.29, 1.82) is 0 Å². The zero-order valence-electron chi connectivity index (χ0n) is 15.0. The van der Waals surface area contributed by atoms with Gasteiger partial charge in [0.15, 0.2) is 0 Å². The van der Waals surface area contributed by atoms with Gasteiger partial charge in [0.05, 0.1) is 12.9 Å². The quantitative estimate of drug-likeness (QED) is 0.725. The number of hydrogen-bond donors (Lipinski definition) is 2. The van der Waals surface area contributed by atoms with E-state index in [0.717, 1.165) is 6.26 Å². The van der Waals surface area contributed by atoms with Gasteiger partial charge in [-0.1, -0.05) is 0 Å². The van der Waals surface area contributed by atoms with Gasteiger partial charge in [0.2, 0.25) is 15.9 Å². The standard InChI is InChI=1S/C17H25N3O5S/c1-25-12-9-16(21)18-14-7-10-20(11-8-14)17(22)13-3-5-15(6-4-13)19-26(2,23)24/h3-6,14,19H,7-12H2,1-2H3,(H,18,21). The number of rotatable bonds is 7. The van der Waals surface area contributed by atoms with Crippen LogP contribution in [0.25, 0.3) is 0 Å². The van der Waals surface area contributed by atoms with Crippen molar-refractivity contribution in [3.63, 3.8) is 0 Å². The number of likely N-dealkylation sites (tertiary alicyclic amines) is 1. The Morgan fingerprint density at radius 1 is 1.19 bits per heavy atom. The van der Waals surface area contributed by atoms with Gasteiger partial charge in [0.1, 0.15) is 0 Å². The number of methoxy groups -OCH3 is 1. The van der Waals surface area contributed by atoms with Gasteiger partial charge in [-0.2, -0.15) is 0 Å². The average Bonchev–Trinajstić information content (AvgIpc) is 2.59. The molecule has 0 radical (unpaired) electrons. The predicted molar refractivity (Wildman–Crippen MR) is 98.5 cm³/mol. The molecule has 2 rings (SSSR count). The Morgan fingerprint density at radius 3 is 2.35 bits per heavy atom. The number of piperidine rings is 1. The van der Waals surface area contributed by atoms with Crippen molar-refractivity contribution in [1.82, 2.24) is 10.2 Å². The van der Waals surface area contributed by atoms with Gasteiger partial charge in [-0.05, 0) is 37.1 Å². The second kappa shape index (κ2) is 9.00. The van der Waals surface area contributed by atoms with Crippen LogP contribution in [0.1, 0.15) is 29.6 Å². The predicted octanol–water partition coefficient (Wildman–Crippen LogP) is 0.815. The first-order valence-corrected chi connectivity index (χ1v) is 10.3. The number of anilines is 1. The van der Waals surface area contributed by atoms with Crippen molar-refractivity contribution in [2.45, 2.75) is 25.3 Å². The summed E-state index contributed by atoms with van der Waals surface area (Å²) in [6, 6.07) is 6.42. The first-order chi connectivity index (χ1) is 12.3. The molecule has 9 heteroatoms. The number of hydrogen-bond acceptors (Lipinski definition) is 5. The van der Waals surface area contributed by atoms with Gasteiger partial charge in [-0.25, -0.2) is 8.42 Å². The molecular weight excluding hydrogens is 358 g/mol. The lowest BCUT2D eigenvalue weighted by atomic mass is 10.0. The van der Waals surface area contributed by atoms with Gasteiger partial charge in [-0.15, -0.1) is 0 Å². The zero-order valence-corrected chi connectivity index (χ0v) is 15.8. The highest BCUT2D eigenvalue weighted by Crippen LogP contribution is 2.16. The molecule has 26 heavy (non-hydrogen) atoms. The molecule has 1 aliphatic heterocycles. The maximum atomic E-state index is 12.5. The maximum absolute atomic E-state index is 12.5. The molecule has 1 aliphatic rings. The molecule has 1 fully saturated rings. The normalized spacial score (nSPS) is 15.5. The van der Waals surface area contributed by atoms with Crippen molar-refractivity contribution in [3.8, 4) is 0 Å². The molecule has 1 aromatic rings. The minimum atomic E-state index is -3.34. The molecule has 0 bridgehead atoms. The van der Waals surface area contributed by atoms with E-state index in [1.165, 1.54) is 0 Å². The summed E-state index contributed by atoms with van der Waals surface area (Å²) in [7, 11) is -1.78. The maximum Gasteiger partial charge on any atom is 0.253 e.